The standard InChI is InChI=1S/C13H10FIOS/c1-7-5-8(2)17-13(7)12(16)10-4-3-9(14)6-11(10)15/h3-6H,1-2H3. The zero-order valence-corrected chi connectivity index (χ0v) is 12.4. The first-order chi connectivity index (χ1) is 7.99. The van der Waals surface area contributed by atoms with Gasteiger partial charge in [0.2, 0.25) is 5.78 Å². The first kappa shape index (κ1) is 12.7. The highest BCUT2D eigenvalue weighted by Gasteiger charge is 2.17. The predicted molar refractivity (Wildman–Crippen MR) is 76.3 cm³/mol. The van der Waals surface area contributed by atoms with Crippen LogP contribution in [0.15, 0.2) is 24.3 Å². The summed E-state index contributed by atoms with van der Waals surface area (Å²) in [6.45, 7) is 3.90. The van der Waals surface area contributed by atoms with E-state index in [2.05, 4.69) is 0 Å². The Hall–Kier alpha value is -0.750. The molecule has 0 spiro atoms. The van der Waals surface area contributed by atoms with Crippen molar-refractivity contribution in [3.8, 4) is 0 Å². The predicted octanol–water partition coefficient (Wildman–Crippen LogP) is 4.34. The minimum absolute atomic E-state index is 0.0231. The van der Waals surface area contributed by atoms with Gasteiger partial charge in [0.1, 0.15) is 5.82 Å². The molecular weight excluding hydrogens is 350 g/mol. The van der Waals surface area contributed by atoms with E-state index in [1.54, 1.807) is 6.07 Å². The average Bonchev–Trinajstić information content (AvgIpc) is 2.57. The fraction of sp³-hybridized carbons (Fsp3) is 0.154. The van der Waals surface area contributed by atoms with Gasteiger partial charge in [-0.15, -0.1) is 11.3 Å². The molecule has 0 N–H and O–H groups in total. The van der Waals surface area contributed by atoms with Gasteiger partial charge in [-0.1, -0.05) is 0 Å². The molecule has 0 saturated heterocycles. The molecule has 0 aliphatic rings. The van der Waals surface area contributed by atoms with Crippen molar-refractivity contribution in [2.75, 3.05) is 0 Å². The fourth-order valence-electron chi connectivity index (χ4n) is 1.66. The normalized spacial score (nSPS) is 10.6. The highest BCUT2D eigenvalue weighted by molar-refractivity contribution is 14.1. The van der Waals surface area contributed by atoms with Gasteiger partial charge in [-0.25, -0.2) is 4.39 Å². The number of ketones is 1. The van der Waals surface area contributed by atoms with E-state index in [-0.39, 0.29) is 11.6 Å². The third-order valence-electron chi connectivity index (χ3n) is 2.42. The lowest BCUT2D eigenvalue weighted by molar-refractivity contribution is 0.104. The molecule has 17 heavy (non-hydrogen) atoms. The summed E-state index contributed by atoms with van der Waals surface area (Å²) in [5, 5.41) is 0. The van der Waals surface area contributed by atoms with E-state index in [4.69, 9.17) is 0 Å². The van der Waals surface area contributed by atoms with E-state index in [1.165, 1.54) is 23.5 Å². The van der Waals surface area contributed by atoms with Gasteiger partial charge < -0.3 is 0 Å². The molecule has 0 fully saturated rings. The largest absolute Gasteiger partial charge is 0.288 e. The number of thiophene rings is 1. The monoisotopic (exact) mass is 360 g/mol. The molecule has 1 heterocycles. The third-order valence-corrected chi connectivity index (χ3v) is 4.47. The van der Waals surface area contributed by atoms with Crippen LogP contribution in [0.4, 0.5) is 4.39 Å². The Kier molecular flexibility index (Phi) is 3.63. The maximum Gasteiger partial charge on any atom is 0.204 e. The summed E-state index contributed by atoms with van der Waals surface area (Å²) in [4.78, 5) is 14.2. The summed E-state index contributed by atoms with van der Waals surface area (Å²) < 4.78 is 13.6. The van der Waals surface area contributed by atoms with Crippen molar-refractivity contribution in [1.29, 1.82) is 0 Å². The van der Waals surface area contributed by atoms with E-state index in [1.807, 2.05) is 42.5 Å². The van der Waals surface area contributed by atoms with Gasteiger partial charge in [-0.2, -0.15) is 0 Å². The van der Waals surface area contributed by atoms with Crippen LogP contribution in [0, 0.1) is 23.2 Å². The molecule has 4 heteroatoms. The molecule has 0 bridgehead atoms. The number of rotatable bonds is 2. The zero-order chi connectivity index (χ0) is 12.6. The number of hydrogen-bond donors (Lipinski definition) is 0. The minimum atomic E-state index is -0.315. The van der Waals surface area contributed by atoms with Crippen molar-refractivity contribution < 1.29 is 9.18 Å². The van der Waals surface area contributed by atoms with Crippen LogP contribution in [-0.4, -0.2) is 5.78 Å². The number of carbonyl (C=O) groups excluding carboxylic acids is 1. The first-order valence-corrected chi connectivity index (χ1v) is 6.95. The van der Waals surface area contributed by atoms with Crippen LogP contribution in [0.2, 0.25) is 0 Å². The summed E-state index contributed by atoms with van der Waals surface area (Å²) >= 11 is 3.47. The molecule has 2 rings (SSSR count). The van der Waals surface area contributed by atoms with Crippen molar-refractivity contribution in [3.05, 3.63) is 54.5 Å². The molecule has 0 aliphatic carbocycles. The second-order valence-electron chi connectivity index (χ2n) is 3.82. The van der Waals surface area contributed by atoms with Gasteiger partial charge in [-0.05, 0) is 66.3 Å². The first-order valence-electron chi connectivity index (χ1n) is 5.06. The lowest BCUT2D eigenvalue weighted by Gasteiger charge is -2.03. The van der Waals surface area contributed by atoms with Crippen LogP contribution in [0.25, 0.3) is 0 Å². The van der Waals surface area contributed by atoms with Gasteiger partial charge in [0.15, 0.2) is 0 Å². The van der Waals surface area contributed by atoms with Gasteiger partial charge in [-0.3, -0.25) is 4.79 Å². The Bertz CT molecular complexity index is 589. The summed E-state index contributed by atoms with van der Waals surface area (Å²) in [7, 11) is 0. The van der Waals surface area contributed by atoms with Gasteiger partial charge >= 0.3 is 0 Å². The molecule has 1 nitrogen and oxygen atoms in total. The minimum Gasteiger partial charge on any atom is -0.288 e. The number of carbonyl (C=O) groups is 1. The Morgan fingerprint density at radius 2 is 2.00 bits per heavy atom. The molecule has 0 aliphatic heterocycles. The van der Waals surface area contributed by atoms with E-state index in [0.29, 0.717) is 9.13 Å². The van der Waals surface area contributed by atoms with Crippen molar-refractivity contribution >= 4 is 39.7 Å². The number of hydrogen-bond acceptors (Lipinski definition) is 2. The van der Waals surface area contributed by atoms with E-state index < -0.39 is 0 Å². The zero-order valence-electron chi connectivity index (χ0n) is 9.38. The second-order valence-corrected chi connectivity index (χ2v) is 6.24. The summed E-state index contributed by atoms with van der Waals surface area (Å²) in [6.07, 6.45) is 0. The molecule has 1 aromatic heterocycles. The SMILES string of the molecule is Cc1cc(C)c(C(=O)c2ccc(F)cc2I)s1. The van der Waals surface area contributed by atoms with Crippen molar-refractivity contribution in [1.82, 2.24) is 0 Å². The topological polar surface area (TPSA) is 17.1 Å². The highest BCUT2D eigenvalue weighted by atomic mass is 127. The van der Waals surface area contributed by atoms with E-state index in [9.17, 15) is 9.18 Å². The molecule has 88 valence electrons. The van der Waals surface area contributed by atoms with Crippen LogP contribution in [0.3, 0.4) is 0 Å². The Morgan fingerprint density at radius 3 is 2.53 bits per heavy atom. The lowest BCUT2D eigenvalue weighted by Crippen LogP contribution is -2.03. The van der Waals surface area contributed by atoms with Gasteiger partial charge in [0.05, 0.1) is 4.88 Å². The maximum atomic E-state index is 13.0. The Morgan fingerprint density at radius 1 is 1.29 bits per heavy atom. The van der Waals surface area contributed by atoms with E-state index >= 15 is 0 Å². The molecule has 0 radical (unpaired) electrons. The van der Waals surface area contributed by atoms with E-state index in [0.717, 1.165) is 15.3 Å². The Labute approximate surface area is 117 Å². The maximum absolute atomic E-state index is 13.0. The molecule has 1 aromatic carbocycles. The highest BCUT2D eigenvalue weighted by Crippen LogP contribution is 2.26. The molecule has 0 unspecified atom stereocenters. The van der Waals surface area contributed by atoms with Crippen molar-refractivity contribution in [2.24, 2.45) is 0 Å². The smallest absolute Gasteiger partial charge is 0.204 e. The fourth-order valence-corrected chi connectivity index (χ4v) is 3.37. The molecular formula is C13H10FIOS. The number of halogens is 2. The molecule has 2 aromatic rings. The van der Waals surface area contributed by atoms with Crippen molar-refractivity contribution in [2.45, 2.75) is 13.8 Å². The van der Waals surface area contributed by atoms with Crippen LogP contribution in [-0.2, 0) is 0 Å². The van der Waals surface area contributed by atoms with Gasteiger partial charge in [0, 0.05) is 14.0 Å². The quantitative estimate of drug-likeness (QED) is 0.575. The van der Waals surface area contributed by atoms with Crippen LogP contribution < -0.4 is 0 Å². The third kappa shape index (κ3) is 2.57. The summed E-state index contributed by atoms with van der Waals surface area (Å²) in [5.74, 6) is -0.338. The van der Waals surface area contributed by atoms with Crippen LogP contribution in [0.1, 0.15) is 25.7 Å². The molecule has 0 saturated carbocycles. The lowest BCUT2D eigenvalue weighted by atomic mass is 10.1. The molecule has 0 amide bonds. The summed E-state index contributed by atoms with van der Waals surface area (Å²) in [5.41, 5.74) is 1.55. The number of benzene rings is 1. The molecule has 0 atom stereocenters. The number of aryl methyl sites for hydroxylation is 2. The Balaban J connectivity index is 2.47. The van der Waals surface area contributed by atoms with Crippen molar-refractivity contribution in [3.63, 3.8) is 0 Å². The second kappa shape index (κ2) is 4.86. The van der Waals surface area contributed by atoms with Crippen LogP contribution >= 0.6 is 33.9 Å². The summed E-state index contributed by atoms with van der Waals surface area (Å²) in [6, 6.07) is 6.25. The average molecular weight is 360 g/mol. The van der Waals surface area contributed by atoms with Gasteiger partial charge in [0.25, 0.3) is 0 Å². The van der Waals surface area contributed by atoms with Crippen LogP contribution in [0.5, 0.6) is 0 Å².